The molecule has 0 aliphatic heterocycles. The van der Waals surface area contributed by atoms with Crippen LogP contribution in [0.3, 0.4) is 0 Å². The zero-order chi connectivity index (χ0) is 38.2. The molecule has 0 N–H and O–H groups in total. The number of hydrogen-bond donors (Lipinski definition) is 0. The van der Waals surface area contributed by atoms with Gasteiger partial charge in [0.2, 0.25) is 0 Å². The van der Waals surface area contributed by atoms with Gasteiger partial charge in [0.15, 0.2) is 0 Å². The Morgan fingerprint density at radius 1 is 0.379 bits per heavy atom. The first-order valence-electron chi connectivity index (χ1n) is 19.4. The fourth-order valence-electron chi connectivity index (χ4n) is 8.54. The Labute approximate surface area is 347 Å². The number of thiazole rings is 1. The van der Waals surface area contributed by atoms with Crippen molar-refractivity contribution in [2.45, 2.75) is 0 Å². The summed E-state index contributed by atoms with van der Waals surface area (Å²) in [6.07, 6.45) is 0. The number of fused-ring (bicyclic) bond motifs is 9. The molecule has 3 heterocycles. The summed E-state index contributed by atoms with van der Waals surface area (Å²) in [6, 6.07) is 70.8. The lowest BCUT2D eigenvalue weighted by atomic mass is 9.98. The molecule has 0 unspecified atom stereocenters. The van der Waals surface area contributed by atoms with E-state index in [9.17, 15) is 0 Å². The van der Waals surface area contributed by atoms with Crippen LogP contribution in [0.25, 0.3) is 94.2 Å². The van der Waals surface area contributed by atoms with Crippen LogP contribution < -0.4 is 4.90 Å². The van der Waals surface area contributed by atoms with E-state index in [0.717, 1.165) is 27.5 Å². The van der Waals surface area contributed by atoms with Crippen molar-refractivity contribution in [3.63, 3.8) is 0 Å². The van der Waals surface area contributed by atoms with E-state index in [1.54, 1.807) is 11.3 Å². The van der Waals surface area contributed by atoms with Crippen molar-refractivity contribution in [3.8, 4) is 32.8 Å². The fraction of sp³-hybridized carbons (Fsp3) is 0. The fourth-order valence-corrected chi connectivity index (χ4v) is 11.8. The minimum atomic E-state index is 1.06. The zero-order valence-corrected chi connectivity index (χ0v) is 33.5. The number of benzene rings is 9. The van der Waals surface area contributed by atoms with E-state index in [1.807, 2.05) is 22.7 Å². The maximum atomic E-state index is 5.22. The second kappa shape index (κ2) is 13.5. The molecular weight excluding hydrogens is 761 g/mol. The maximum Gasteiger partial charge on any atom is 0.124 e. The highest BCUT2D eigenvalue weighted by atomic mass is 32.1. The van der Waals surface area contributed by atoms with Crippen LogP contribution in [0.5, 0.6) is 0 Å². The van der Waals surface area contributed by atoms with E-state index >= 15 is 0 Å². The molecule has 12 aromatic rings. The Morgan fingerprint density at radius 2 is 1.02 bits per heavy atom. The molecule has 272 valence electrons. The van der Waals surface area contributed by atoms with Crippen molar-refractivity contribution >= 4 is 112 Å². The SMILES string of the molecule is c1ccc(-c2nc3c(ccc4sc5ccc(-c6ccc(N(c7ccc(-c8cccc9ccccc89)cc7)c7cccc8c7sc7ccccc78)cc6)cc5c43)s2)cc1. The van der Waals surface area contributed by atoms with Gasteiger partial charge in [0.05, 0.1) is 20.6 Å². The van der Waals surface area contributed by atoms with Gasteiger partial charge in [-0.15, -0.1) is 34.0 Å². The lowest BCUT2D eigenvalue weighted by Crippen LogP contribution is -2.10. The van der Waals surface area contributed by atoms with Crippen LogP contribution in [-0.4, -0.2) is 4.98 Å². The van der Waals surface area contributed by atoms with Crippen molar-refractivity contribution < 1.29 is 0 Å². The normalized spacial score (nSPS) is 11.8. The summed E-state index contributed by atoms with van der Waals surface area (Å²) in [6.45, 7) is 0. The van der Waals surface area contributed by atoms with Gasteiger partial charge < -0.3 is 4.90 Å². The van der Waals surface area contributed by atoms with Gasteiger partial charge in [0.1, 0.15) is 5.01 Å². The topological polar surface area (TPSA) is 16.1 Å². The number of anilines is 3. The Kier molecular flexibility index (Phi) is 7.80. The van der Waals surface area contributed by atoms with Crippen molar-refractivity contribution in [3.05, 3.63) is 194 Å². The molecule has 2 nitrogen and oxygen atoms in total. The van der Waals surface area contributed by atoms with Crippen LogP contribution in [0.2, 0.25) is 0 Å². The Bertz CT molecular complexity index is 3500. The summed E-state index contributed by atoms with van der Waals surface area (Å²) in [7, 11) is 0. The van der Waals surface area contributed by atoms with Gasteiger partial charge in [-0.3, -0.25) is 0 Å². The van der Waals surface area contributed by atoms with Crippen LogP contribution in [0.15, 0.2) is 194 Å². The molecule has 0 aliphatic rings. The molecule has 12 rings (SSSR count). The third-order valence-corrected chi connectivity index (χ3v) is 14.7. The third-order valence-electron chi connectivity index (χ3n) is 11.3. The van der Waals surface area contributed by atoms with Crippen LogP contribution in [0, 0.1) is 0 Å². The number of thiophene rings is 2. The van der Waals surface area contributed by atoms with E-state index in [4.69, 9.17) is 4.98 Å². The molecule has 3 aromatic heterocycles. The maximum absolute atomic E-state index is 5.22. The molecule has 0 spiro atoms. The largest absolute Gasteiger partial charge is 0.309 e. The van der Waals surface area contributed by atoms with Crippen molar-refractivity contribution in [2.24, 2.45) is 0 Å². The highest BCUT2D eigenvalue weighted by molar-refractivity contribution is 7.27. The molecule has 0 saturated carbocycles. The molecular formula is C53H32N2S3. The number of rotatable bonds is 6. The van der Waals surface area contributed by atoms with Gasteiger partial charge in [0, 0.05) is 52.6 Å². The van der Waals surface area contributed by atoms with Crippen molar-refractivity contribution in [2.75, 3.05) is 4.90 Å². The quantitative estimate of drug-likeness (QED) is 0.167. The number of aromatic nitrogens is 1. The van der Waals surface area contributed by atoms with E-state index < -0.39 is 0 Å². The monoisotopic (exact) mass is 792 g/mol. The first-order valence-corrected chi connectivity index (χ1v) is 21.9. The second-order valence-electron chi connectivity index (χ2n) is 14.7. The zero-order valence-electron chi connectivity index (χ0n) is 31.1. The van der Waals surface area contributed by atoms with Gasteiger partial charge in [-0.2, -0.15) is 0 Å². The van der Waals surface area contributed by atoms with Crippen molar-refractivity contribution in [1.29, 1.82) is 0 Å². The molecule has 9 aromatic carbocycles. The Balaban J connectivity index is 0.970. The van der Waals surface area contributed by atoms with Crippen LogP contribution in [0.4, 0.5) is 17.1 Å². The molecule has 0 radical (unpaired) electrons. The van der Waals surface area contributed by atoms with Gasteiger partial charge in [-0.05, 0) is 93.7 Å². The van der Waals surface area contributed by atoms with Gasteiger partial charge in [-0.25, -0.2) is 4.98 Å². The standard InChI is InChI=1S/C53H32N2S3/c1-2-11-36(12-3-1)53-54-51-49(58-53)31-30-48-50(51)44-32-37(24-29-47(44)56-48)33-20-25-38(26-21-33)55(45-18-9-17-43-42-15-6-7-19-46(42)57-52(43)45)39-27-22-35(23-28-39)41-16-8-13-34-10-4-5-14-40(34)41/h1-32H. The molecule has 0 aliphatic carbocycles. The molecule has 58 heavy (non-hydrogen) atoms. The minimum absolute atomic E-state index is 1.06. The number of nitrogens with zero attached hydrogens (tertiary/aromatic N) is 2. The Morgan fingerprint density at radius 3 is 1.86 bits per heavy atom. The van der Waals surface area contributed by atoms with Gasteiger partial charge in [-0.1, -0.05) is 133 Å². The lowest BCUT2D eigenvalue weighted by Gasteiger charge is -2.26. The summed E-state index contributed by atoms with van der Waals surface area (Å²) in [5.41, 5.74) is 10.5. The summed E-state index contributed by atoms with van der Waals surface area (Å²) < 4.78 is 6.36. The first-order chi connectivity index (χ1) is 28.7. The average molecular weight is 793 g/mol. The lowest BCUT2D eigenvalue weighted by molar-refractivity contribution is 1.30. The molecule has 0 saturated heterocycles. The summed E-state index contributed by atoms with van der Waals surface area (Å²) >= 11 is 5.48. The van der Waals surface area contributed by atoms with Crippen LogP contribution in [0.1, 0.15) is 0 Å². The summed E-state index contributed by atoms with van der Waals surface area (Å²) in [4.78, 5) is 7.64. The average Bonchev–Trinajstić information content (AvgIpc) is 4.01. The molecule has 0 amide bonds. The van der Waals surface area contributed by atoms with Crippen LogP contribution >= 0.6 is 34.0 Å². The minimum Gasteiger partial charge on any atom is -0.309 e. The predicted octanol–water partition coefficient (Wildman–Crippen LogP) is 16.7. The van der Waals surface area contributed by atoms with E-state index in [0.29, 0.717) is 0 Å². The third kappa shape index (κ3) is 5.47. The van der Waals surface area contributed by atoms with Gasteiger partial charge in [0.25, 0.3) is 0 Å². The highest BCUT2D eigenvalue weighted by Gasteiger charge is 2.19. The van der Waals surface area contributed by atoms with E-state index in [-0.39, 0.29) is 0 Å². The smallest absolute Gasteiger partial charge is 0.124 e. The van der Waals surface area contributed by atoms with E-state index in [1.165, 1.54) is 83.8 Å². The predicted molar refractivity (Wildman–Crippen MR) is 254 cm³/mol. The number of hydrogen-bond acceptors (Lipinski definition) is 5. The first kappa shape index (κ1) is 33.5. The molecule has 5 heteroatoms. The Hall–Kier alpha value is -6.63. The van der Waals surface area contributed by atoms with Crippen LogP contribution in [-0.2, 0) is 0 Å². The van der Waals surface area contributed by atoms with Crippen molar-refractivity contribution in [1.82, 2.24) is 4.98 Å². The second-order valence-corrected chi connectivity index (χ2v) is 17.9. The van der Waals surface area contributed by atoms with E-state index in [2.05, 4.69) is 199 Å². The van der Waals surface area contributed by atoms with Gasteiger partial charge >= 0.3 is 0 Å². The highest BCUT2D eigenvalue weighted by Crippen LogP contribution is 2.46. The molecule has 0 atom stereocenters. The molecule has 0 bridgehead atoms. The summed E-state index contributed by atoms with van der Waals surface area (Å²) in [5.74, 6) is 0. The summed E-state index contributed by atoms with van der Waals surface area (Å²) in [5, 5.41) is 8.68. The molecule has 0 fully saturated rings.